The molecule has 2 aromatic carbocycles. The fourth-order valence-electron chi connectivity index (χ4n) is 1.83. The number of anilines is 3. The van der Waals surface area contributed by atoms with Crippen LogP contribution in [0.25, 0.3) is 0 Å². The van der Waals surface area contributed by atoms with E-state index >= 15 is 0 Å². The van der Waals surface area contributed by atoms with E-state index in [4.69, 9.17) is 17.3 Å². The lowest BCUT2D eigenvalue weighted by atomic mass is 10.3. The Morgan fingerprint density at radius 1 is 1.04 bits per heavy atom. The van der Waals surface area contributed by atoms with Crippen LogP contribution in [-0.2, 0) is 0 Å². The van der Waals surface area contributed by atoms with Gasteiger partial charge < -0.3 is 11.1 Å². The Hall–Kier alpha value is -2.57. The van der Waals surface area contributed by atoms with Crippen LogP contribution in [0.1, 0.15) is 10.4 Å². The van der Waals surface area contributed by atoms with Gasteiger partial charge in [-0.3, -0.25) is 4.79 Å². The number of halogens is 1. The highest BCUT2D eigenvalue weighted by molar-refractivity contribution is 7.98. The zero-order valence-electron chi connectivity index (χ0n) is 13.5. The summed E-state index contributed by atoms with van der Waals surface area (Å²) < 4.78 is 0. The Labute approximate surface area is 155 Å². The Bertz CT molecular complexity index is 816. The van der Waals surface area contributed by atoms with Gasteiger partial charge >= 0.3 is 0 Å². The second kappa shape index (κ2) is 9.66. The quantitative estimate of drug-likeness (QED) is 0.227. The lowest BCUT2D eigenvalue weighted by Crippen LogP contribution is -2.02. The van der Waals surface area contributed by atoms with E-state index in [1.54, 1.807) is 0 Å². The molecule has 0 aliphatic carbocycles. The zero-order valence-corrected chi connectivity index (χ0v) is 15.1. The third-order valence-electron chi connectivity index (χ3n) is 3.02. The van der Waals surface area contributed by atoms with Crippen molar-refractivity contribution in [2.75, 3.05) is 17.3 Å². The van der Waals surface area contributed by atoms with Crippen molar-refractivity contribution in [1.82, 2.24) is 9.97 Å². The highest BCUT2D eigenvalue weighted by Gasteiger charge is 2.12. The van der Waals surface area contributed by atoms with Gasteiger partial charge in [0, 0.05) is 11.4 Å². The van der Waals surface area contributed by atoms with Crippen molar-refractivity contribution in [3.63, 3.8) is 0 Å². The van der Waals surface area contributed by atoms with Crippen LogP contribution >= 0.6 is 23.4 Å². The van der Waals surface area contributed by atoms with Crippen LogP contribution in [0.15, 0.2) is 65.8 Å². The smallest absolute Gasteiger partial charge is 0.190 e. The number of rotatable bonds is 4. The van der Waals surface area contributed by atoms with Crippen LogP contribution in [0.4, 0.5) is 17.2 Å². The van der Waals surface area contributed by atoms with Crippen molar-refractivity contribution < 1.29 is 4.79 Å². The van der Waals surface area contributed by atoms with E-state index in [9.17, 15) is 4.79 Å². The van der Waals surface area contributed by atoms with Crippen LogP contribution in [0.5, 0.6) is 0 Å². The van der Waals surface area contributed by atoms with E-state index in [0.29, 0.717) is 17.3 Å². The maximum absolute atomic E-state index is 11.0. The molecule has 0 bridgehead atoms. The Balaban J connectivity index is 0.000000269. The largest absolute Gasteiger partial charge is 0.399 e. The second-order valence-electron chi connectivity index (χ2n) is 4.78. The number of nitrogen functional groups attached to an aromatic ring is 1. The molecule has 0 aliphatic heterocycles. The number of thioether (sulfide) groups is 1. The molecule has 1 heterocycles. The summed E-state index contributed by atoms with van der Waals surface area (Å²) in [5, 5.41) is 3.73. The molecule has 0 saturated heterocycles. The van der Waals surface area contributed by atoms with Gasteiger partial charge in [-0.2, -0.15) is 0 Å². The summed E-state index contributed by atoms with van der Waals surface area (Å²) in [7, 11) is 0. The number of aldehydes is 1. The SMILES string of the molecule is CSc1nc(Cl)c(C=O)c(Nc2ccccc2)n1.Nc1ccccc1. The molecule has 1 aromatic heterocycles. The number of nitrogens with one attached hydrogen (secondary N) is 1. The number of hydrogen-bond acceptors (Lipinski definition) is 6. The fourth-order valence-corrected chi connectivity index (χ4v) is 2.45. The van der Waals surface area contributed by atoms with E-state index in [-0.39, 0.29) is 10.7 Å². The highest BCUT2D eigenvalue weighted by Crippen LogP contribution is 2.25. The van der Waals surface area contributed by atoms with Gasteiger partial charge in [0.1, 0.15) is 11.0 Å². The summed E-state index contributed by atoms with van der Waals surface area (Å²) in [6.07, 6.45) is 2.50. The Morgan fingerprint density at radius 2 is 1.64 bits per heavy atom. The lowest BCUT2D eigenvalue weighted by Gasteiger charge is -2.09. The molecule has 0 amide bonds. The average Bonchev–Trinajstić information content (AvgIpc) is 2.63. The first-order valence-corrected chi connectivity index (χ1v) is 8.93. The van der Waals surface area contributed by atoms with Crippen molar-refractivity contribution in [2.24, 2.45) is 0 Å². The van der Waals surface area contributed by atoms with Gasteiger partial charge in [-0.15, -0.1) is 0 Å². The summed E-state index contributed by atoms with van der Waals surface area (Å²) in [6, 6.07) is 18.9. The minimum Gasteiger partial charge on any atom is -0.399 e. The number of aromatic nitrogens is 2. The third kappa shape index (κ3) is 5.77. The Morgan fingerprint density at radius 3 is 2.12 bits per heavy atom. The minimum atomic E-state index is 0.155. The molecule has 3 N–H and O–H groups in total. The summed E-state index contributed by atoms with van der Waals surface area (Å²) in [6.45, 7) is 0. The van der Waals surface area contributed by atoms with Gasteiger partial charge in [-0.1, -0.05) is 59.8 Å². The number of benzene rings is 2. The van der Waals surface area contributed by atoms with Crippen LogP contribution < -0.4 is 11.1 Å². The first kappa shape index (κ1) is 18.8. The van der Waals surface area contributed by atoms with Gasteiger partial charge in [-0.05, 0) is 30.5 Å². The van der Waals surface area contributed by atoms with Crippen LogP contribution in [0.2, 0.25) is 5.15 Å². The fraction of sp³-hybridized carbons (Fsp3) is 0.0556. The maximum atomic E-state index is 11.0. The van der Waals surface area contributed by atoms with Gasteiger partial charge in [0.25, 0.3) is 0 Å². The van der Waals surface area contributed by atoms with Gasteiger partial charge in [0.15, 0.2) is 11.4 Å². The molecule has 0 aliphatic rings. The molecular weight excluding hydrogens is 356 g/mol. The molecule has 128 valence electrons. The van der Waals surface area contributed by atoms with E-state index in [0.717, 1.165) is 11.4 Å². The standard InChI is InChI=1S/C12H10ClN3OS.C6H7N/c1-18-12-15-10(13)9(7-17)11(16-12)14-8-5-3-2-4-6-8;7-6-4-2-1-3-5-6/h2-7H,1H3,(H,14,15,16);1-5H,7H2. The molecule has 25 heavy (non-hydrogen) atoms. The molecule has 3 aromatic rings. The molecule has 3 rings (SSSR count). The molecule has 0 fully saturated rings. The van der Waals surface area contributed by atoms with E-state index < -0.39 is 0 Å². The number of carbonyl (C=O) groups excluding carboxylic acids is 1. The Kier molecular flexibility index (Phi) is 7.25. The third-order valence-corrected chi connectivity index (χ3v) is 3.85. The van der Waals surface area contributed by atoms with Crippen molar-refractivity contribution >= 4 is 46.8 Å². The number of nitrogens with zero attached hydrogens (tertiary/aromatic N) is 2. The first-order chi connectivity index (χ1) is 12.1. The normalized spacial score (nSPS) is 9.68. The molecular formula is C18H17ClN4OS. The highest BCUT2D eigenvalue weighted by atomic mass is 35.5. The topological polar surface area (TPSA) is 80.9 Å². The zero-order chi connectivity index (χ0) is 18.1. The number of para-hydroxylation sites is 2. The number of hydrogen-bond donors (Lipinski definition) is 2. The molecule has 7 heteroatoms. The van der Waals surface area contributed by atoms with Crippen molar-refractivity contribution in [3.05, 3.63) is 71.4 Å². The monoisotopic (exact) mass is 372 g/mol. The molecule has 0 radical (unpaired) electrons. The van der Waals surface area contributed by atoms with E-state index in [1.165, 1.54) is 11.8 Å². The molecule has 5 nitrogen and oxygen atoms in total. The van der Waals surface area contributed by atoms with Gasteiger partial charge in [-0.25, -0.2) is 9.97 Å². The second-order valence-corrected chi connectivity index (χ2v) is 5.91. The lowest BCUT2D eigenvalue weighted by molar-refractivity contribution is 0.112. The summed E-state index contributed by atoms with van der Waals surface area (Å²) >= 11 is 7.31. The number of nitrogens with two attached hydrogens (primary N) is 1. The van der Waals surface area contributed by atoms with Gasteiger partial charge in [0.05, 0.1) is 5.56 Å². The maximum Gasteiger partial charge on any atom is 0.190 e. The summed E-state index contributed by atoms with van der Waals surface area (Å²) in [5.41, 5.74) is 7.28. The van der Waals surface area contributed by atoms with Crippen LogP contribution in [0.3, 0.4) is 0 Å². The number of carbonyl (C=O) groups is 1. The molecule has 0 spiro atoms. The van der Waals surface area contributed by atoms with E-state index in [1.807, 2.05) is 66.9 Å². The predicted octanol–water partition coefficient (Wildman–Crippen LogP) is 4.68. The molecule has 0 unspecified atom stereocenters. The predicted molar refractivity (Wildman–Crippen MR) is 105 cm³/mol. The molecule has 0 saturated carbocycles. The van der Waals surface area contributed by atoms with Crippen LogP contribution in [-0.4, -0.2) is 22.5 Å². The summed E-state index contributed by atoms with van der Waals surface area (Å²) in [5.74, 6) is 0.417. The average molecular weight is 373 g/mol. The molecule has 0 atom stereocenters. The van der Waals surface area contributed by atoms with Gasteiger partial charge in [0.2, 0.25) is 0 Å². The van der Waals surface area contributed by atoms with E-state index in [2.05, 4.69) is 15.3 Å². The minimum absolute atomic E-state index is 0.155. The van der Waals surface area contributed by atoms with Crippen molar-refractivity contribution in [1.29, 1.82) is 0 Å². The first-order valence-electron chi connectivity index (χ1n) is 7.33. The summed E-state index contributed by atoms with van der Waals surface area (Å²) in [4.78, 5) is 19.3. The van der Waals surface area contributed by atoms with Crippen LogP contribution in [0, 0.1) is 0 Å². The van der Waals surface area contributed by atoms with Crippen molar-refractivity contribution in [2.45, 2.75) is 5.16 Å². The van der Waals surface area contributed by atoms with Crippen molar-refractivity contribution in [3.8, 4) is 0 Å².